The van der Waals surface area contributed by atoms with Gasteiger partial charge in [0.2, 0.25) is 0 Å². The number of rotatable bonds is 35. The molecule has 0 saturated carbocycles. The van der Waals surface area contributed by atoms with Crippen LogP contribution in [0.4, 0.5) is 0 Å². The van der Waals surface area contributed by atoms with E-state index < -0.39 is 0 Å². The summed E-state index contributed by atoms with van der Waals surface area (Å²) < 4.78 is 52.3. The molecule has 0 bridgehead atoms. The van der Waals surface area contributed by atoms with Crippen molar-refractivity contribution in [2.45, 2.75) is 124 Å². The van der Waals surface area contributed by atoms with Crippen LogP contribution in [0.5, 0.6) is 28.7 Å². The van der Waals surface area contributed by atoms with Crippen LogP contribution in [0.1, 0.15) is 145 Å². The van der Waals surface area contributed by atoms with E-state index in [0.717, 1.165) is 113 Å². The minimum absolute atomic E-state index is 0.302. The summed E-state index contributed by atoms with van der Waals surface area (Å²) in [5, 5.41) is 0. The van der Waals surface area contributed by atoms with Gasteiger partial charge in [0.1, 0.15) is 22.8 Å². The first-order valence-corrected chi connectivity index (χ1v) is 25.3. The summed E-state index contributed by atoms with van der Waals surface area (Å²) in [5.41, 5.74) is 2.62. The highest BCUT2D eigenvalue weighted by atomic mass is 16.5. The van der Waals surface area contributed by atoms with Gasteiger partial charge in [0.25, 0.3) is 0 Å². The van der Waals surface area contributed by atoms with E-state index in [0.29, 0.717) is 61.4 Å². The van der Waals surface area contributed by atoms with Crippen LogP contribution in [-0.2, 0) is 38.1 Å². The number of ether oxygens (including phenoxy) is 10. The summed E-state index contributed by atoms with van der Waals surface area (Å²) >= 11 is 0. The highest BCUT2D eigenvalue weighted by molar-refractivity contribution is 5.93. The van der Waals surface area contributed by atoms with E-state index in [1.54, 1.807) is 52.5 Å². The molecular formula is C58H84O14. The largest absolute Gasteiger partial charge is 0.497 e. The quantitative estimate of drug-likeness (QED) is 0.0237. The normalized spacial score (nSPS) is 10.6. The first kappa shape index (κ1) is 63.7. The Kier molecular flexibility index (Phi) is 37.5. The van der Waals surface area contributed by atoms with Crippen LogP contribution >= 0.6 is 0 Å². The fraction of sp³-hybridized carbons (Fsp3) is 0.517. The lowest BCUT2D eigenvalue weighted by Gasteiger charge is -2.13. The summed E-state index contributed by atoms with van der Waals surface area (Å²) in [4.78, 5) is 45.9. The van der Waals surface area contributed by atoms with Crippen molar-refractivity contribution in [3.8, 4) is 28.7 Å². The maximum Gasteiger partial charge on any atom is 0.342 e. The molecular weight excluding hydrogens is 921 g/mol. The zero-order valence-electron chi connectivity index (χ0n) is 44.6. The average molecular weight is 1010 g/mol. The van der Waals surface area contributed by atoms with Gasteiger partial charge in [0.05, 0.1) is 61.5 Å². The van der Waals surface area contributed by atoms with Crippen LogP contribution in [0.3, 0.4) is 0 Å². The molecule has 0 aliphatic rings. The van der Waals surface area contributed by atoms with Gasteiger partial charge in [-0.1, -0.05) is 95.9 Å². The summed E-state index contributed by atoms with van der Waals surface area (Å²) in [6.45, 7) is 12.7. The fourth-order valence-corrected chi connectivity index (χ4v) is 6.56. The molecule has 3 aromatic rings. The minimum atomic E-state index is -0.385. The lowest BCUT2D eigenvalue weighted by molar-refractivity contribution is -0.139. The van der Waals surface area contributed by atoms with Gasteiger partial charge in [-0.3, -0.25) is 0 Å². The molecule has 3 aromatic carbocycles. The van der Waals surface area contributed by atoms with Gasteiger partial charge in [-0.2, -0.15) is 0 Å². The SMILES string of the molecule is C=C(C)C(=O)OCCCCCCCCCCCOC(=O)c1cc(OCC)ccc1OCCCCCCOC.CCCCCOc1ccc(/C=C/C(=O)OC)cc1OC.COC(=O)/C=C/c1cccc(OC)c1. The Morgan fingerprint density at radius 2 is 1.03 bits per heavy atom. The molecule has 0 fully saturated rings. The maximum absolute atomic E-state index is 12.8. The maximum atomic E-state index is 12.8. The van der Waals surface area contributed by atoms with E-state index in [4.69, 9.17) is 37.9 Å². The van der Waals surface area contributed by atoms with Crippen molar-refractivity contribution in [1.29, 1.82) is 0 Å². The third-order valence-electron chi connectivity index (χ3n) is 10.6. The summed E-state index contributed by atoms with van der Waals surface area (Å²) in [6.07, 6.45) is 23.3. The molecule has 0 atom stereocenters. The summed E-state index contributed by atoms with van der Waals surface area (Å²) in [6, 6.07) is 18.3. The molecule has 0 unspecified atom stereocenters. The second kappa shape index (κ2) is 42.4. The van der Waals surface area contributed by atoms with Crippen molar-refractivity contribution in [3.63, 3.8) is 0 Å². The molecule has 0 spiro atoms. The third kappa shape index (κ3) is 31.1. The Bertz CT molecular complexity index is 2020. The highest BCUT2D eigenvalue weighted by Gasteiger charge is 2.16. The highest BCUT2D eigenvalue weighted by Crippen LogP contribution is 2.29. The molecule has 0 radical (unpaired) electrons. The van der Waals surface area contributed by atoms with Crippen LogP contribution in [0.15, 0.2) is 85.0 Å². The van der Waals surface area contributed by atoms with Crippen LogP contribution in [0.25, 0.3) is 12.2 Å². The molecule has 0 aliphatic carbocycles. The predicted octanol–water partition coefficient (Wildman–Crippen LogP) is 12.8. The van der Waals surface area contributed by atoms with E-state index in [1.165, 1.54) is 45.6 Å². The van der Waals surface area contributed by atoms with Gasteiger partial charge in [-0.15, -0.1) is 0 Å². The van der Waals surface area contributed by atoms with Gasteiger partial charge in [0, 0.05) is 31.4 Å². The number of hydrogen-bond donors (Lipinski definition) is 0. The number of hydrogen-bond acceptors (Lipinski definition) is 14. The zero-order chi connectivity index (χ0) is 53.0. The minimum Gasteiger partial charge on any atom is -0.497 e. The first-order valence-electron chi connectivity index (χ1n) is 25.3. The Morgan fingerprint density at radius 1 is 0.500 bits per heavy atom. The molecule has 0 aromatic heterocycles. The topological polar surface area (TPSA) is 161 Å². The zero-order valence-corrected chi connectivity index (χ0v) is 44.6. The van der Waals surface area contributed by atoms with E-state index in [9.17, 15) is 19.2 Å². The molecule has 0 heterocycles. The van der Waals surface area contributed by atoms with Gasteiger partial charge >= 0.3 is 23.9 Å². The molecule has 14 nitrogen and oxygen atoms in total. The van der Waals surface area contributed by atoms with E-state index in [1.807, 2.05) is 55.5 Å². The Hall–Kier alpha value is -6.28. The van der Waals surface area contributed by atoms with Crippen molar-refractivity contribution in [1.82, 2.24) is 0 Å². The van der Waals surface area contributed by atoms with Crippen LogP contribution in [-0.4, -0.2) is 99.1 Å². The number of methoxy groups -OCH3 is 5. The van der Waals surface area contributed by atoms with Gasteiger partial charge < -0.3 is 47.4 Å². The first-order chi connectivity index (χ1) is 35.0. The predicted molar refractivity (Wildman–Crippen MR) is 284 cm³/mol. The molecule has 3 rings (SSSR count). The molecule has 0 N–H and O–H groups in total. The lowest BCUT2D eigenvalue weighted by Crippen LogP contribution is -2.10. The fourth-order valence-electron chi connectivity index (χ4n) is 6.56. The lowest BCUT2D eigenvalue weighted by atomic mass is 10.1. The monoisotopic (exact) mass is 1000 g/mol. The van der Waals surface area contributed by atoms with Crippen molar-refractivity contribution < 1.29 is 66.5 Å². The molecule has 14 heteroatoms. The summed E-state index contributed by atoms with van der Waals surface area (Å²) in [7, 11) is 7.61. The van der Waals surface area contributed by atoms with Crippen LogP contribution in [0, 0.1) is 0 Å². The number of carbonyl (C=O) groups is 4. The second-order valence-electron chi connectivity index (χ2n) is 16.5. The van der Waals surface area contributed by atoms with Gasteiger partial charge in [0.15, 0.2) is 11.5 Å². The van der Waals surface area contributed by atoms with Crippen LogP contribution < -0.4 is 23.7 Å². The smallest absolute Gasteiger partial charge is 0.342 e. The number of carbonyl (C=O) groups excluding carboxylic acids is 4. The van der Waals surface area contributed by atoms with Crippen molar-refractivity contribution in [2.24, 2.45) is 0 Å². The van der Waals surface area contributed by atoms with E-state index in [-0.39, 0.29) is 23.9 Å². The standard InChI is InChI=1S/C31H50O7.C16H22O4.C11H12O3/c1-5-35-27-19-20-29(36-22-16-14-13-15-21-34-4)28(25-27)31(33)38-24-18-12-10-8-6-7-9-11-17-23-37-30(32)26(2)3;1-4-5-6-11-20-14-9-7-13(12-15(14)18-2)8-10-16(17)19-3;1-13-10-5-3-4-9(8-10)6-7-11(12)14-2/h19-20,25H,2,5-18,21-24H2,1,3-4H3;7-10,12H,4-6,11H2,1-3H3;3-8H,1-2H3/b;10-8+;7-6+. The Balaban J connectivity index is 0.000000628. The molecule has 0 aliphatic heterocycles. The molecule has 0 saturated heterocycles. The molecule has 72 heavy (non-hydrogen) atoms. The number of esters is 4. The third-order valence-corrected chi connectivity index (χ3v) is 10.6. The Morgan fingerprint density at radius 3 is 1.57 bits per heavy atom. The Labute approximate surface area is 430 Å². The van der Waals surface area contributed by atoms with Gasteiger partial charge in [-0.25, -0.2) is 19.2 Å². The van der Waals surface area contributed by atoms with Crippen molar-refractivity contribution >= 4 is 36.0 Å². The number of unbranched alkanes of at least 4 members (excludes halogenated alkanes) is 13. The van der Waals surface area contributed by atoms with Crippen molar-refractivity contribution in [3.05, 3.63) is 102 Å². The molecule has 400 valence electrons. The van der Waals surface area contributed by atoms with Gasteiger partial charge in [-0.05, 0) is 118 Å². The molecule has 0 amide bonds. The van der Waals surface area contributed by atoms with Crippen LogP contribution in [0.2, 0.25) is 0 Å². The average Bonchev–Trinajstić information content (AvgIpc) is 3.40. The second-order valence-corrected chi connectivity index (χ2v) is 16.5. The summed E-state index contributed by atoms with van der Waals surface area (Å²) in [5.74, 6) is 1.91. The van der Waals surface area contributed by atoms with Crippen molar-refractivity contribution in [2.75, 3.05) is 75.2 Å². The number of benzene rings is 3. The van der Waals surface area contributed by atoms with E-state index in [2.05, 4.69) is 23.0 Å². The van der Waals surface area contributed by atoms with E-state index >= 15 is 0 Å².